The number of fused-ring (bicyclic) bond motifs is 2. The van der Waals surface area contributed by atoms with Crippen LogP contribution < -0.4 is 60.1 Å². The maximum absolute atomic E-state index is 5.79. The zero-order chi connectivity index (χ0) is 32.1. The highest BCUT2D eigenvalue weighted by Gasteiger charge is 2.28. The maximum atomic E-state index is 5.79. The Labute approximate surface area is 318 Å². The molecule has 0 aliphatic carbocycles. The van der Waals surface area contributed by atoms with Gasteiger partial charge < -0.3 is 55.1 Å². The molecule has 5 aromatic rings. The first kappa shape index (κ1) is 37.8. The van der Waals surface area contributed by atoms with Crippen molar-refractivity contribution in [3.8, 4) is 11.4 Å². The Morgan fingerprint density at radius 1 is 0.875 bits per heavy atom. The van der Waals surface area contributed by atoms with Gasteiger partial charge in [0.05, 0.1) is 51.6 Å². The van der Waals surface area contributed by atoms with Gasteiger partial charge in [-0.25, -0.2) is 0 Å². The Hall–Kier alpha value is -3.05. The summed E-state index contributed by atoms with van der Waals surface area (Å²) in [5, 5.41) is 2.42. The topological polar surface area (TPSA) is 19.6 Å². The molecule has 4 aromatic carbocycles. The molecule has 0 unspecified atom stereocenters. The Morgan fingerprint density at radius 3 is 2.25 bits per heavy atom. The van der Waals surface area contributed by atoms with Gasteiger partial charge in [-0.1, -0.05) is 79.3 Å². The summed E-state index contributed by atoms with van der Waals surface area (Å²) in [6, 6.07) is 39.2. The predicted octanol–water partition coefficient (Wildman–Crippen LogP) is 2.56. The first-order chi connectivity index (χ1) is 22.4. The summed E-state index contributed by atoms with van der Waals surface area (Å²) in [6.45, 7) is 6.36. The number of anilines is 2. The average molecular weight is 838 g/mol. The van der Waals surface area contributed by atoms with Crippen LogP contribution in [0.2, 0.25) is 0 Å². The van der Waals surface area contributed by atoms with E-state index in [0.717, 1.165) is 60.5 Å². The standard InChI is InChI=1S/C40H46N4OS.BrH.HI/c1-6-24-42(25-15-26-44(3,4)30-31-16-9-7-10-17-31)39-27-32(28-40-41(2)36-20-13-14-21-38(36)46-40)35-23-22-34(45-5)29-37(35)43(39)33-18-11-8-12-19-33;;/h7-14,16-23,27-29H,6,15,24-26,30H2,1-5H3;2*1H/q+2;;/p-2. The Morgan fingerprint density at radius 2 is 1.56 bits per heavy atom. The smallest absolute Gasteiger partial charge is 0.282 e. The van der Waals surface area contributed by atoms with Crippen LogP contribution in [0.4, 0.5) is 11.5 Å². The van der Waals surface area contributed by atoms with Gasteiger partial charge in [0, 0.05) is 41.4 Å². The minimum absolute atomic E-state index is 0. The van der Waals surface area contributed by atoms with Gasteiger partial charge in [-0.15, -0.1) is 0 Å². The summed E-state index contributed by atoms with van der Waals surface area (Å²) in [5.74, 6) is 2.06. The highest BCUT2D eigenvalue weighted by Crippen LogP contribution is 2.46. The highest BCUT2D eigenvalue weighted by atomic mass is 127. The van der Waals surface area contributed by atoms with Crippen molar-refractivity contribution in [3.63, 3.8) is 0 Å². The van der Waals surface area contributed by atoms with Crippen molar-refractivity contribution in [3.05, 3.63) is 125 Å². The number of pyridine rings is 1. The van der Waals surface area contributed by atoms with Crippen LogP contribution in [0.25, 0.3) is 22.7 Å². The lowest BCUT2D eigenvalue weighted by molar-refractivity contribution is -0.903. The summed E-state index contributed by atoms with van der Waals surface area (Å²) < 4.78 is 9.18. The number of quaternary nitrogens is 1. The van der Waals surface area contributed by atoms with E-state index in [9.17, 15) is 0 Å². The van der Waals surface area contributed by atoms with Crippen LogP contribution in [-0.2, 0) is 6.54 Å². The fraction of sp³-hybridized carbons (Fsp3) is 0.275. The normalized spacial score (nSPS) is 13.2. The summed E-state index contributed by atoms with van der Waals surface area (Å²) in [4.78, 5) is 6.20. The molecule has 1 aliphatic heterocycles. The number of para-hydroxylation sites is 2. The van der Waals surface area contributed by atoms with Crippen LogP contribution in [0.1, 0.15) is 30.9 Å². The number of rotatable bonds is 12. The molecule has 0 N–H and O–H groups in total. The van der Waals surface area contributed by atoms with E-state index in [1.165, 1.54) is 37.9 Å². The van der Waals surface area contributed by atoms with Crippen molar-refractivity contribution in [1.29, 1.82) is 0 Å². The lowest BCUT2D eigenvalue weighted by atomic mass is 10.1. The molecule has 1 aliphatic rings. The molecule has 0 bridgehead atoms. The van der Waals surface area contributed by atoms with Gasteiger partial charge in [0.1, 0.15) is 23.5 Å². The van der Waals surface area contributed by atoms with Gasteiger partial charge in [-0.2, -0.15) is 4.57 Å². The van der Waals surface area contributed by atoms with Gasteiger partial charge >= 0.3 is 0 Å². The van der Waals surface area contributed by atoms with Gasteiger partial charge in [0.2, 0.25) is 0 Å². The summed E-state index contributed by atoms with van der Waals surface area (Å²) in [7, 11) is 8.62. The number of hydrogen-bond donors (Lipinski definition) is 0. The third kappa shape index (κ3) is 8.56. The summed E-state index contributed by atoms with van der Waals surface area (Å²) in [5.41, 5.74) is 6.14. The molecule has 1 aromatic heterocycles. The van der Waals surface area contributed by atoms with E-state index in [-0.39, 0.29) is 41.0 Å². The van der Waals surface area contributed by atoms with Crippen LogP contribution in [0.5, 0.6) is 5.75 Å². The SMILES string of the molecule is CCCN(CCC[N+](C)(C)Cc1ccccc1)c1cc(C=C2Sc3ccccc3N2C)c2ccc(OC)cc2[n+]1-c1ccccc1.[Br-].[I-]. The molecule has 0 radical (unpaired) electrons. The van der Waals surface area contributed by atoms with Crippen LogP contribution in [0.3, 0.4) is 0 Å². The molecule has 252 valence electrons. The van der Waals surface area contributed by atoms with E-state index in [4.69, 9.17) is 4.74 Å². The number of aromatic nitrogens is 1. The van der Waals surface area contributed by atoms with Crippen molar-refractivity contribution in [2.75, 3.05) is 57.7 Å². The van der Waals surface area contributed by atoms with Crippen molar-refractivity contribution >= 4 is 40.2 Å². The predicted molar refractivity (Wildman–Crippen MR) is 195 cm³/mol. The monoisotopic (exact) mass is 836 g/mol. The molecule has 6 rings (SSSR count). The van der Waals surface area contributed by atoms with E-state index in [0.29, 0.717) is 0 Å². The first-order valence-electron chi connectivity index (χ1n) is 16.3. The average Bonchev–Trinajstić information content (AvgIpc) is 3.39. The summed E-state index contributed by atoms with van der Waals surface area (Å²) in [6.07, 6.45) is 4.52. The van der Waals surface area contributed by atoms with E-state index in [1.54, 1.807) is 7.11 Å². The minimum Gasteiger partial charge on any atom is -1.00 e. The third-order valence-electron chi connectivity index (χ3n) is 8.80. The van der Waals surface area contributed by atoms with Gasteiger partial charge in [0.15, 0.2) is 0 Å². The molecule has 0 spiro atoms. The molecule has 0 saturated heterocycles. The highest BCUT2D eigenvalue weighted by molar-refractivity contribution is 8.03. The number of hydrogen-bond acceptors (Lipinski definition) is 4. The molecule has 0 saturated carbocycles. The first-order valence-corrected chi connectivity index (χ1v) is 17.1. The Kier molecular flexibility index (Phi) is 13.4. The molecule has 0 atom stereocenters. The van der Waals surface area contributed by atoms with Crippen molar-refractivity contribution < 1.29 is 54.7 Å². The molecule has 8 heteroatoms. The Bertz CT molecular complexity index is 1830. The van der Waals surface area contributed by atoms with E-state index in [1.807, 2.05) is 11.8 Å². The fourth-order valence-electron chi connectivity index (χ4n) is 6.51. The molecule has 5 nitrogen and oxygen atoms in total. The maximum Gasteiger partial charge on any atom is 0.282 e. The number of thioether (sulfide) groups is 1. The lowest BCUT2D eigenvalue weighted by Crippen LogP contribution is -3.00. The number of benzene rings is 4. The fourth-order valence-corrected chi connectivity index (χ4v) is 7.61. The molecule has 0 fully saturated rings. The quantitative estimate of drug-likeness (QED) is 0.110. The van der Waals surface area contributed by atoms with E-state index >= 15 is 0 Å². The zero-order valence-corrected chi connectivity index (χ0v) is 33.1. The third-order valence-corrected chi connectivity index (χ3v) is 9.96. The van der Waals surface area contributed by atoms with Crippen molar-refractivity contribution in [1.82, 2.24) is 0 Å². The number of halogens is 2. The molecule has 2 heterocycles. The van der Waals surface area contributed by atoms with Gasteiger partial charge in [-0.05, 0) is 54.5 Å². The number of ether oxygens (including phenoxy) is 1. The molecular formula is C40H46BrIN4OS. The summed E-state index contributed by atoms with van der Waals surface area (Å²) >= 11 is 1.84. The van der Waals surface area contributed by atoms with E-state index in [2.05, 4.69) is 158 Å². The van der Waals surface area contributed by atoms with E-state index < -0.39 is 0 Å². The van der Waals surface area contributed by atoms with Crippen LogP contribution in [0.15, 0.2) is 119 Å². The lowest BCUT2D eigenvalue weighted by Gasteiger charge is -2.30. The molecular weight excluding hydrogens is 791 g/mol. The van der Waals surface area contributed by atoms with Crippen LogP contribution in [0, 0.1) is 0 Å². The zero-order valence-electron chi connectivity index (χ0n) is 28.6. The van der Waals surface area contributed by atoms with Crippen LogP contribution >= 0.6 is 11.8 Å². The minimum atomic E-state index is 0. The van der Waals surface area contributed by atoms with Gasteiger partial charge in [0.25, 0.3) is 5.82 Å². The molecule has 48 heavy (non-hydrogen) atoms. The second kappa shape index (κ2) is 17.1. The largest absolute Gasteiger partial charge is 1.00 e. The Balaban J connectivity index is 0.00000260. The number of nitrogens with zero attached hydrogens (tertiary/aromatic N) is 4. The van der Waals surface area contributed by atoms with Crippen molar-refractivity contribution in [2.45, 2.75) is 31.2 Å². The van der Waals surface area contributed by atoms with Crippen LogP contribution in [-0.4, -0.2) is 52.4 Å². The van der Waals surface area contributed by atoms with Crippen molar-refractivity contribution in [2.24, 2.45) is 0 Å². The van der Waals surface area contributed by atoms with Gasteiger partial charge in [-0.3, -0.25) is 4.90 Å². The number of methoxy groups -OCH3 is 1. The second-order valence-electron chi connectivity index (χ2n) is 12.8. The molecule has 0 amide bonds. The second-order valence-corrected chi connectivity index (χ2v) is 13.8.